The van der Waals surface area contributed by atoms with Crippen LogP contribution in [0.15, 0.2) is 36.5 Å². The van der Waals surface area contributed by atoms with E-state index in [9.17, 15) is 9.59 Å². The maximum atomic E-state index is 12.9. The van der Waals surface area contributed by atoms with Gasteiger partial charge in [0.15, 0.2) is 0 Å². The fourth-order valence-corrected chi connectivity index (χ4v) is 3.34. The van der Waals surface area contributed by atoms with Gasteiger partial charge in [0.25, 0.3) is 0 Å². The smallest absolute Gasteiger partial charge is 0.343 e. The first-order chi connectivity index (χ1) is 12.6. The van der Waals surface area contributed by atoms with Crippen LogP contribution in [0.2, 0.25) is 0 Å². The van der Waals surface area contributed by atoms with Crippen LogP contribution in [0.25, 0.3) is 0 Å². The molecule has 1 unspecified atom stereocenters. The average molecular weight is 354 g/mol. The number of esters is 1. The summed E-state index contributed by atoms with van der Waals surface area (Å²) < 4.78 is 9.92. The SMILES string of the molecule is COC(=O)c1cnc(NC(=O)C2CCCCc3ccccc32)cc1OC. The zero-order chi connectivity index (χ0) is 18.5. The highest BCUT2D eigenvalue weighted by Crippen LogP contribution is 2.31. The van der Waals surface area contributed by atoms with Crippen molar-refractivity contribution in [2.75, 3.05) is 19.5 Å². The summed E-state index contributed by atoms with van der Waals surface area (Å²) in [6.45, 7) is 0. The molecular weight excluding hydrogens is 332 g/mol. The van der Waals surface area contributed by atoms with E-state index >= 15 is 0 Å². The summed E-state index contributed by atoms with van der Waals surface area (Å²) in [5, 5.41) is 2.86. The number of carbonyl (C=O) groups is 2. The van der Waals surface area contributed by atoms with Crippen LogP contribution in [-0.4, -0.2) is 31.1 Å². The Bertz CT molecular complexity index is 819. The van der Waals surface area contributed by atoms with E-state index in [1.807, 2.05) is 18.2 Å². The molecule has 136 valence electrons. The summed E-state index contributed by atoms with van der Waals surface area (Å²) in [5.41, 5.74) is 2.53. The Labute approximate surface area is 152 Å². The van der Waals surface area contributed by atoms with Crippen molar-refractivity contribution in [1.82, 2.24) is 4.98 Å². The Kier molecular flexibility index (Phi) is 5.51. The number of nitrogens with one attached hydrogen (secondary N) is 1. The zero-order valence-corrected chi connectivity index (χ0v) is 15.0. The minimum absolute atomic E-state index is 0.0975. The molecule has 0 saturated carbocycles. The standard InChI is InChI=1S/C20H22N2O4/c1-25-17-11-18(21-12-16(17)20(24)26-2)22-19(23)15-10-6-4-8-13-7-3-5-9-14(13)15/h3,5,7,9,11-12,15H,4,6,8,10H2,1-2H3,(H,21,22,23). The number of benzene rings is 1. The molecule has 6 nitrogen and oxygen atoms in total. The van der Waals surface area contributed by atoms with Gasteiger partial charge in [-0.15, -0.1) is 0 Å². The molecule has 1 aromatic carbocycles. The second-order valence-electron chi connectivity index (χ2n) is 6.25. The molecule has 1 heterocycles. The molecule has 0 saturated heterocycles. The van der Waals surface area contributed by atoms with Gasteiger partial charge >= 0.3 is 5.97 Å². The number of carbonyl (C=O) groups excluding carboxylic acids is 2. The Morgan fingerprint density at radius 1 is 1.19 bits per heavy atom. The van der Waals surface area contributed by atoms with Crippen molar-refractivity contribution in [2.24, 2.45) is 0 Å². The normalized spacial score (nSPS) is 16.2. The van der Waals surface area contributed by atoms with Gasteiger partial charge in [0, 0.05) is 12.3 Å². The third-order valence-corrected chi connectivity index (χ3v) is 4.68. The number of methoxy groups -OCH3 is 2. The quantitative estimate of drug-likeness (QED) is 0.673. The van der Waals surface area contributed by atoms with Crippen molar-refractivity contribution in [3.8, 4) is 5.75 Å². The van der Waals surface area contributed by atoms with Gasteiger partial charge in [-0.25, -0.2) is 9.78 Å². The molecule has 1 atom stereocenters. The summed E-state index contributed by atoms with van der Waals surface area (Å²) in [6, 6.07) is 9.63. The van der Waals surface area contributed by atoms with E-state index in [0.717, 1.165) is 31.2 Å². The highest BCUT2D eigenvalue weighted by Gasteiger charge is 2.25. The van der Waals surface area contributed by atoms with Crippen LogP contribution in [0.4, 0.5) is 5.82 Å². The number of nitrogens with zero attached hydrogens (tertiary/aromatic N) is 1. The van der Waals surface area contributed by atoms with Gasteiger partial charge in [-0.2, -0.15) is 0 Å². The van der Waals surface area contributed by atoms with Gasteiger partial charge in [-0.3, -0.25) is 4.79 Å². The molecule has 0 spiro atoms. The second-order valence-corrected chi connectivity index (χ2v) is 6.25. The number of hydrogen-bond acceptors (Lipinski definition) is 5. The van der Waals surface area contributed by atoms with E-state index in [1.54, 1.807) is 0 Å². The van der Waals surface area contributed by atoms with E-state index in [1.165, 1.54) is 32.0 Å². The lowest BCUT2D eigenvalue weighted by Crippen LogP contribution is -2.22. The minimum atomic E-state index is -0.537. The Morgan fingerprint density at radius 2 is 2.00 bits per heavy atom. The van der Waals surface area contributed by atoms with Crippen molar-refractivity contribution < 1.29 is 19.1 Å². The molecule has 2 aromatic rings. The lowest BCUT2D eigenvalue weighted by atomic mass is 9.92. The molecule has 26 heavy (non-hydrogen) atoms. The van der Waals surface area contributed by atoms with E-state index in [-0.39, 0.29) is 17.4 Å². The fraction of sp³-hybridized carbons (Fsp3) is 0.350. The zero-order valence-electron chi connectivity index (χ0n) is 15.0. The van der Waals surface area contributed by atoms with Crippen LogP contribution in [-0.2, 0) is 16.0 Å². The number of aryl methyl sites for hydroxylation is 1. The van der Waals surface area contributed by atoms with Crippen LogP contribution in [0.5, 0.6) is 5.75 Å². The minimum Gasteiger partial charge on any atom is -0.496 e. The van der Waals surface area contributed by atoms with Crippen molar-refractivity contribution in [3.63, 3.8) is 0 Å². The van der Waals surface area contributed by atoms with Crippen LogP contribution in [0.3, 0.4) is 0 Å². The van der Waals surface area contributed by atoms with Crippen LogP contribution >= 0.6 is 0 Å². The molecule has 0 bridgehead atoms. The van der Waals surface area contributed by atoms with Crippen LogP contribution in [0, 0.1) is 0 Å². The predicted octanol–water partition coefficient (Wildman–Crippen LogP) is 3.33. The molecule has 3 rings (SSSR count). The maximum absolute atomic E-state index is 12.9. The summed E-state index contributed by atoms with van der Waals surface area (Å²) in [6.07, 6.45) is 5.24. The Balaban J connectivity index is 1.83. The largest absolute Gasteiger partial charge is 0.496 e. The van der Waals surface area contributed by atoms with Gasteiger partial charge in [-0.1, -0.05) is 30.7 Å². The number of rotatable bonds is 4. The average Bonchev–Trinajstić information content (AvgIpc) is 2.89. The van der Waals surface area contributed by atoms with E-state index < -0.39 is 5.97 Å². The molecular formula is C20H22N2O4. The first-order valence-electron chi connectivity index (χ1n) is 8.65. The summed E-state index contributed by atoms with van der Waals surface area (Å²) >= 11 is 0. The fourth-order valence-electron chi connectivity index (χ4n) is 3.34. The van der Waals surface area contributed by atoms with Gasteiger partial charge in [0.2, 0.25) is 5.91 Å². The lowest BCUT2D eigenvalue weighted by molar-refractivity contribution is -0.117. The molecule has 1 amide bonds. The van der Waals surface area contributed by atoms with Gasteiger partial charge in [0.05, 0.1) is 20.1 Å². The monoisotopic (exact) mass is 354 g/mol. The molecule has 0 fully saturated rings. The molecule has 0 radical (unpaired) electrons. The Morgan fingerprint density at radius 3 is 2.77 bits per heavy atom. The summed E-state index contributed by atoms with van der Waals surface area (Å²) in [7, 11) is 2.75. The highest BCUT2D eigenvalue weighted by atomic mass is 16.5. The van der Waals surface area contributed by atoms with Gasteiger partial charge in [0.1, 0.15) is 17.1 Å². The van der Waals surface area contributed by atoms with Gasteiger partial charge < -0.3 is 14.8 Å². The van der Waals surface area contributed by atoms with Crippen LogP contribution < -0.4 is 10.1 Å². The molecule has 1 aliphatic rings. The third kappa shape index (κ3) is 3.69. The van der Waals surface area contributed by atoms with Crippen LogP contribution in [0.1, 0.15) is 46.7 Å². The highest BCUT2D eigenvalue weighted by molar-refractivity contribution is 5.97. The van der Waals surface area contributed by atoms with Crippen molar-refractivity contribution in [2.45, 2.75) is 31.6 Å². The van der Waals surface area contributed by atoms with E-state index in [4.69, 9.17) is 9.47 Å². The number of pyridine rings is 1. The van der Waals surface area contributed by atoms with E-state index in [0.29, 0.717) is 11.6 Å². The van der Waals surface area contributed by atoms with Crippen molar-refractivity contribution in [3.05, 3.63) is 53.2 Å². The Hall–Kier alpha value is -2.89. The molecule has 1 aliphatic carbocycles. The number of amides is 1. The predicted molar refractivity (Wildman–Crippen MR) is 97.5 cm³/mol. The second kappa shape index (κ2) is 7.99. The number of aromatic nitrogens is 1. The number of anilines is 1. The summed E-state index contributed by atoms with van der Waals surface area (Å²) in [4.78, 5) is 28.8. The molecule has 1 aromatic heterocycles. The molecule has 1 N–H and O–H groups in total. The lowest BCUT2D eigenvalue weighted by Gasteiger charge is -2.17. The van der Waals surface area contributed by atoms with E-state index in [2.05, 4.69) is 16.4 Å². The molecule has 0 aliphatic heterocycles. The van der Waals surface area contributed by atoms with Crippen molar-refractivity contribution in [1.29, 1.82) is 0 Å². The third-order valence-electron chi connectivity index (χ3n) is 4.68. The van der Waals surface area contributed by atoms with Crippen molar-refractivity contribution >= 4 is 17.7 Å². The maximum Gasteiger partial charge on any atom is 0.343 e. The first-order valence-corrected chi connectivity index (χ1v) is 8.65. The number of ether oxygens (including phenoxy) is 2. The topological polar surface area (TPSA) is 77.5 Å². The van der Waals surface area contributed by atoms with Gasteiger partial charge in [-0.05, 0) is 30.4 Å². The number of hydrogen-bond donors (Lipinski definition) is 1. The number of fused-ring (bicyclic) bond motifs is 1. The first kappa shape index (κ1) is 17.9. The summed E-state index contributed by atoms with van der Waals surface area (Å²) in [5.74, 6) is -0.184. The molecule has 6 heteroatoms.